The zero-order valence-electron chi connectivity index (χ0n) is 20.6. The maximum Gasteiger partial charge on any atom is 0.338 e. The van der Waals surface area contributed by atoms with Crippen molar-refractivity contribution in [3.63, 3.8) is 0 Å². The highest BCUT2D eigenvalue weighted by atomic mass is 79.9. The number of nitrogens with zero attached hydrogens (tertiary/aromatic N) is 1. The Morgan fingerprint density at radius 3 is 2.37 bits per heavy atom. The molecular weight excluding hydrogens is 593 g/mol. The van der Waals surface area contributed by atoms with Crippen LogP contribution in [-0.2, 0) is 27.2 Å². The van der Waals surface area contributed by atoms with E-state index < -0.39 is 11.9 Å². The molecule has 0 aromatic heterocycles. The number of benzene rings is 3. The summed E-state index contributed by atoms with van der Waals surface area (Å²) in [5.41, 5.74) is 10.1. The summed E-state index contributed by atoms with van der Waals surface area (Å²) in [6.45, 7) is 2.59. The Balaban J connectivity index is 1.29. The van der Waals surface area contributed by atoms with E-state index in [1.807, 2.05) is 24.3 Å². The number of hydrogen-bond acceptors (Lipinski definition) is 7. The average molecular weight is 621 g/mol. The minimum atomic E-state index is -0.504. The molecule has 1 aliphatic heterocycles. The van der Waals surface area contributed by atoms with Crippen molar-refractivity contribution in [1.29, 1.82) is 0 Å². The Labute approximate surface area is 240 Å². The second-order valence-corrected chi connectivity index (χ2v) is 10.6. The first-order valence-electron chi connectivity index (χ1n) is 12.2. The van der Waals surface area contributed by atoms with E-state index in [0.29, 0.717) is 49.3 Å². The molecule has 200 valence electrons. The van der Waals surface area contributed by atoms with Gasteiger partial charge in [-0.05, 0) is 83.3 Å². The molecule has 1 heterocycles. The summed E-state index contributed by atoms with van der Waals surface area (Å²) in [4.78, 5) is 27.4. The fraction of sp³-hybridized carbons (Fsp3) is 0.286. The number of nitrogens with two attached hydrogens (primary N) is 1. The molecule has 1 fully saturated rings. The minimum Gasteiger partial charge on any atom is -0.462 e. The summed E-state index contributed by atoms with van der Waals surface area (Å²) in [6, 6.07) is 15.9. The Hall–Kier alpha value is -2.78. The summed E-state index contributed by atoms with van der Waals surface area (Å²) < 4.78 is 11.3. The van der Waals surface area contributed by atoms with Gasteiger partial charge in [-0.15, -0.1) is 0 Å². The summed E-state index contributed by atoms with van der Waals surface area (Å²) in [7, 11) is 0. The lowest BCUT2D eigenvalue weighted by molar-refractivity contribution is -0.143. The molecule has 0 atom stereocenters. The Morgan fingerprint density at radius 1 is 0.947 bits per heavy atom. The SMILES string of the molecule is Nc1c(Br)cc(C(=O)OCCOC(=O)Cc2ccccc2Nc2c(Cl)cccc2Cl)cc1CN1CCCC1. The third-order valence-corrected chi connectivity index (χ3v) is 7.48. The molecule has 4 rings (SSSR count). The van der Waals surface area contributed by atoms with Crippen molar-refractivity contribution in [2.45, 2.75) is 25.8 Å². The Kier molecular flexibility index (Phi) is 9.91. The number of para-hydroxylation sites is 2. The highest BCUT2D eigenvalue weighted by molar-refractivity contribution is 9.10. The molecule has 3 aromatic carbocycles. The van der Waals surface area contributed by atoms with E-state index in [2.05, 4.69) is 26.1 Å². The summed E-state index contributed by atoms with van der Waals surface area (Å²) in [5, 5.41) is 4.13. The van der Waals surface area contributed by atoms with Gasteiger partial charge in [0.1, 0.15) is 13.2 Å². The van der Waals surface area contributed by atoms with Gasteiger partial charge in [-0.1, -0.05) is 47.5 Å². The largest absolute Gasteiger partial charge is 0.462 e. The lowest BCUT2D eigenvalue weighted by Crippen LogP contribution is -2.20. The van der Waals surface area contributed by atoms with Gasteiger partial charge in [-0.2, -0.15) is 0 Å². The van der Waals surface area contributed by atoms with Crippen molar-refractivity contribution in [3.8, 4) is 0 Å². The van der Waals surface area contributed by atoms with E-state index in [9.17, 15) is 9.59 Å². The molecule has 0 spiro atoms. The number of esters is 2. The van der Waals surface area contributed by atoms with Crippen LogP contribution in [0.15, 0.2) is 59.1 Å². The average Bonchev–Trinajstić information content (AvgIpc) is 3.41. The van der Waals surface area contributed by atoms with Gasteiger partial charge in [0.2, 0.25) is 0 Å². The number of carbonyl (C=O) groups excluding carboxylic acids is 2. The van der Waals surface area contributed by atoms with Crippen LogP contribution in [0.4, 0.5) is 17.1 Å². The van der Waals surface area contributed by atoms with Gasteiger partial charge in [-0.25, -0.2) is 4.79 Å². The highest BCUT2D eigenvalue weighted by Crippen LogP contribution is 2.34. The molecule has 3 aromatic rings. The first-order chi connectivity index (χ1) is 18.3. The standard InChI is InChI=1S/C28H28BrCl2N3O4/c29-21-15-19(14-20(26(21)32)17-34-10-3-4-11-34)28(36)38-13-12-37-25(35)16-18-6-1-2-9-24(18)33-27-22(30)7-5-8-23(27)31/h1-2,5-9,14-15,33H,3-4,10-13,16-17,32H2. The van der Waals surface area contributed by atoms with E-state index >= 15 is 0 Å². The molecule has 10 heteroatoms. The van der Waals surface area contributed by atoms with Crippen LogP contribution in [0.3, 0.4) is 0 Å². The predicted molar refractivity (Wildman–Crippen MR) is 154 cm³/mol. The number of nitrogen functional groups attached to an aromatic ring is 1. The van der Waals surface area contributed by atoms with Crippen molar-refractivity contribution < 1.29 is 19.1 Å². The van der Waals surface area contributed by atoms with Gasteiger partial charge < -0.3 is 20.5 Å². The third-order valence-electron chi connectivity index (χ3n) is 6.20. The molecule has 0 saturated carbocycles. The summed E-state index contributed by atoms with van der Waals surface area (Å²) >= 11 is 16.0. The van der Waals surface area contributed by atoms with Gasteiger partial charge in [0, 0.05) is 16.7 Å². The van der Waals surface area contributed by atoms with Crippen LogP contribution in [0.1, 0.15) is 34.3 Å². The van der Waals surface area contributed by atoms with Gasteiger partial charge >= 0.3 is 11.9 Å². The topological polar surface area (TPSA) is 93.9 Å². The maximum atomic E-state index is 12.6. The highest BCUT2D eigenvalue weighted by Gasteiger charge is 2.18. The van der Waals surface area contributed by atoms with Crippen LogP contribution < -0.4 is 11.1 Å². The molecule has 0 unspecified atom stereocenters. The molecule has 3 N–H and O–H groups in total. The van der Waals surface area contributed by atoms with E-state index in [1.165, 1.54) is 12.8 Å². The van der Waals surface area contributed by atoms with Gasteiger partial charge in [0.15, 0.2) is 0 Å². The van der Waals surface area contributed by atoms with Crippen LogP contribution in [0.2, 0.25) is 10.0 Å². The Morgan fingerprint density at radius 2 is 1.63 bits per heavy atom. The van der Waals surface area contributed by atoms with Crippen LogP contribution >= 0.6 is 39.1 Å². The Bertz CT molecular complexity index is 1300. The molecule has 1 saturated heterocycles. The monoisotopic (exact) mass is 619 g/mol. The molecule has 1 aliphatic rings. The number of nitrogens with one attached hydrogen (secondary N) is 1. The number of halogens is 3. The number of anilines is 3. The molecule has 0 radical (unpaired) electrons. The van der Waals surface area contributed by atoms with E-state index in [4.69, 9.17) is 38.4 Å². The fourth-order valence-electron chi connectivity index (χ4n) is 4.23. The number of hydrogen-bond donors (Lipinski definition) is 2. The normalized spacial score (nSPS) is 13.3. The lowest BCUT2D eigenvalue weighted by atomic mass is 10.1. The van der Waals surface area contributed by atoms with E-state index in [-0.39, 0.29) is 19.6 Å². The molecule has 0 amide bonds. The molecule has 0 aliphatic carbocycles. The molecule has 0 bridgehead atoms. The third kappa shape index (κ3) is 7.41. The summed E-state index contributed by atoms with van der Waals surface area (Å²) in [6.07, 6.45) is 2.35. The second kappa shape index (κ2) is 13.3. The molecular formula is C28H28BrCl2N3O4. The van der Waals surface area contributed by atoms with Crippen molar-refractivity contribution in [3.05, 3.63) is 85.8 Å². The number of likely N-dealkylation sites (tertiary alicyclic amines) is 1. The maximum absolute atomic E-state index is 12.6. The summed E-state index contributed by atoms with van der Waals surface area (Å²) in [5.74, 6) is -0.959. The quantitative estimate of drug-likeness (QED) is 0.149. The first kappa shape index (κ1) is 28.2. The predicted octanol–water partition coefficient (Wildman–Crippen LogP) is 6.62. The van der Waals surface area contributed by atoms with Crippen LogP contribution in [-0.4, -0.2) is 43.1 Å². The van der Waals surface area contributed by atoms with E-state index in [1.54, 1.807) is 30.3 Å². The van der Waals surface area contributed by atoms with Gasteiger partial charge in [0.25, 0.3) is 0 Å². The van der Waals surface area contributed by atoms with Crippen molar-refractivity contribution in [1.82, 2.24) is 4.90 Å². The van der Waals surface area contributed by atoms with Gasteiger partial charge in [-0.3, -0.25) is 9.69 Å². The number of rotatable bonds is 10. The zero-order chi connectivity index (χ0) is 27.1. The molecule has 38 heavy (non-hydrogen) atoms. The second-order valence-electron chi connectivity index (χ2n) is 8.93. The van der Waals surface area contributed by atoms with Gasteiger partial charge in [0.05, 0.1) is 33.4 Å². The molecule has 7 nitrogen and oxygen atoms in total. The number of ether oxygens (including phenoxy) is 2. The number of carbonyl (C=O) groups is 2. The van der Waals surface area contributed by atoms with Crippen molar-refractivity contribution in [2.75, 3.05) is 37.4 Å². The van der Waals surface area contributed by atoms with Crippen molar-refractivity contribution in [2.24, 2.45) is 0 Å². The zero-order valence-corrected chi connectivity index (χ0v) is 23.7. The van der Waals surface area contributed by atoms with E-state index in [0.717, 1.165) is 18.7 Å². The van der Waals surface area contributed by atoms with Crippen LogP contribution in [0.5, 0.6) is 0 Å². The lowest BCUT2D eigenvalue weighted by Gasteiger charge is -2.17. The first-order valence-corrected chi connectivity index (χ1v) is 13.8. The minimum absolute atomic E-state index is 0.0178. The van der Waals surface area contributed by atoms with Crippen LogP contribution in [0.25, 0.3) is 0 Å². The smallest absolute Gasteiger partial charge is 0.338 e. The van der Waals surface area contributed by atoms with Crippen LogP contribution in [0, 0.1) is 0 Å². The van der Waals surface area contributed by atoms with Crippen molar-refractivity contribution >= 4 is 68.1 Å². The fourth-order valence-corrected chi connectivity index (χ4v) is 5.23.